The van der Waals surface area contributed by atoms with Crippen LogP contribution in [0, 0.1) is 5.82 Å². The van der Waals surface area contributed by atoms with Gasteiger partial charge in [-0.05, 0) is 19.1 Å². The number of rotatable bonds is 6. The lowest BCUT2D eigenvalue weighted by Crippen LogP contribution is -2.17. The van der Waals surface area contributed by atoms with Crippen molar-refractivity contribution in [3.8, 4) is 0 Å². The molecule has 3 aromatic rings. The van der Waals surface area contributed by atoms with Gasteiger partial charge in [-0.3, -0.25) is 4.79 Å². The molecule has 2 aromatic heterocycles. The smallest absolute Gasteiger partial charge is 0.341 e. The van der Waals surface area contributed by atoms with E-state index in [9.17, 15) is 14.0 Å². The van der Waals surface area contributed by atoms with E-state index in [1.54, 1.807) is 0 Å². The first-order valence-electron chi connectivity index (χ1n) is 7.46. The van der Waals surface area contributed by atoms with Gasteiger partial charge < -0.3 is 9.47 Å². The summed E-state index contributed by atoms with van der Waals surface area (Å²) < 4.78 is 25.0. The molecule has 1 aromatic carbocycles. The van der Waals surface area contributed by atoms with Gasteiger partial charge in [-0.2, -0.15) is 9.61 Å². The van der Waals surface area contributed by atoms with Crippen molar-refractivity contribution >= 4 is 22.3 Å². The highest BCUT2D eigenvalue weighted by Gasteiger charge is 2.14. The first-order valence-corrected chi connectivity index (χ1v) is 8.28. The fraction of sp³-hybridized carbons (Fsp3) is 0.250. The minimum atomic E-state index is -0.818. The molecule has 2 heterocycles. The molecule has 0 fully saturated rings. The zero-order chi connectivity index (χ0) is 17.8. The SMILES string of the molecule is CCOCc1nn2c(=O)cc(COC(=O)c3ccccc3F)nc2s1. The van der Waals surface area contributed by atoms with Crippen LogP contribution < -0.4 is 5.56 Å². The number of aromatic nitrogens is 3. The summed E-state index contributed by atoms with van der Waals surface area (Å²) in [4.78, 5) is 28.6. The Hall–Kier alpha value is -2.65. The van der Waals surface area contributed by atoms with E-state index >= 15 is 0 Å². The van der Waals surface area contributed by atoms with Crippen molar-refractivity contribution in [2.45, 2.75) is 20.1 Å². The zero-order valence-electron chi connectivity index (χ0n) is 13.3. The summed E-state index contributed by atoms with van der Waals surface area (Å²) in [5.41, 5.74) is -0.292. The third-order valence-corrected chi connectivity index (χ3v) is 4.10. The predicted molar refractivity (Wildman–Crippen MR) is 88.0 cm³/mol. The maximum Gasteiger partial charge on any atom is 0.341 e. The molecule has 0 spiro atoms. The maximum absolute atomic E-state index is 13.6. The van der Waals surface area contributed by atoms with E-state index in [2.05, 4.69) is 10.1 Å². The van der Waals surface area contributed by atoms with Gasteiger partial charge in [-0.15, -0.1) is 0 Å². The van der Waals surface area contributed by atoms with Crippen molar-refractivity contribution in [1.29, 1.82) is 0 Å². The Bertz CT molecular complexity index is 969. The first kappa shape index (κ1) is 17.2. The molecule has 0 radical (unpaired) electrons. The fourth-order valence-corrected chi connectivity index (χ4v) is 2.92. The molecule has 0 atom stereocenters. The lowest BCUT2D eigenvalue weighted by molar-refractivity contribution is 0.0462. The molecular formula is C16H14FN3O4S. The minimum Gasteiger partial charge on any atom is -0.455 e. The number of halogens is 1. The summed E-state index contributed by atoms with van der Waals surface area (Å²) in [5.74, 6) is -1.49. The van der Waals surface area contributed by atoms with E-state index in [1.165, 1.54) is 46.2 Å². The number of benzene rings is 1. The van der Waals surface area contributed by atoms with Gasteiger partial charge in [-0.25, -0.2) is 14.2 Å². The highest BCUT2D eigenvalue weighted by atomic mass is 32.1. The Morgan fingerprint density at radius 1 is 1.32 bits per heavy atom. The molecular weight excluding hydrogens is 349 g/mol. The third-order valence-electron chi connectivity index (χ3n) is 3.21. The second-order valence-corrected chi connectivity index (χ2v) is 6.01. The summed E-state index contributed by atoms with van der Waals surface area (Å²) in [7, 11) is 0. The predicted octanol–water partition coefficient (Wildman–Crippen LogP) is 2.18. The summed E-state index contributed by atoms with van der Waals surface area (Å²) in [6.07, 6.45) is 0. The van der Waals surface area contributed by atoms with Crippen molar-refractivity contribution in [3.63, 3.8) is 0 Å². The van der Waals surface area contributed by atoms with E-state index in [1.807, 2.05) is 6.92 Å². The van der Waals surface area contributed by atoms with Gasteiger partial charge in [0, 0.05) is 12.7 Å². The number of ether oxygens (including phenoxy) is 2. The van der Waals surface area contributed by atoms with E-state index in [0.29, 0.717) is 23.2 Å². The van der Waals surface area contributed by atoms with Gasteiger partial charge in [-0.1, -0.05) is 23.5 Å². The van der Waals surface area contributed by atoms with Crippen LogP contribution in [0.3, 0.4) is 0 Å². The van der Waals surface area contributed by atoms with E-state index < -0.39 is 11.8 Å². The summed E-state index contributed by atoms with van der Waals surface area (Å²) in [6.45, 7) is 2.45. The average Bonchev–Trinajstić information content (AvgIpc) is 3.02. The number of hydrogen-bond donors (Lipinski definition) is 0. The molecule has 0 aliphatic carbocycles. The van der Waals surface area contributed by atoms with Crippen molar-refractivity contribution < 1.29 is 18.7 Å². The second-order valence-electron chi connectivity index (χ2n) is 4.97. The van der Waals surface area contributed by atoms with Gasteiger partial charge >= 0.3 is 5.97 Å². The van der Waals surface area contributed by atoms with Crippen molar-refractivity contribution in [1.82, 2.24) is 14.6 Å². The van der Waals surface area contributed by atoms with Gasteiger partial charge in [0.2, 0.25) is 4.96 Å². The molecule has 25 heavy (non-hydrogen) atoms. The Labute approximate surface area is 145 Å². The lowest BCUT2D eigenvalue weighted by atomic mass is 10.2. The highest BCUT2D eigenvalue weighted by molar-refractivity contribution is 7.16. The van der Waals surface area contributed by atoms with Crippen LogP contribution in [0.1, 0.15) is 28.0 Å². The van der Waals surface area contributed by atoms with Crippen molar-refractivity contribution in [3.05, 3.63) is 62.8 Å². The molecule has 0 saturated carbocycles. The standard InChI is InChI=1S/C16H14FN3O4S/c1-2-23-9-13-19-20-14(21)7-10(18-16(20)25-13)8-24-15(22)11-5-3-4-6-12(11)17/h3-7H,2,8-9H2,1H3. The van der Waals surface area contributed by atoms with Crippen molar-refractivity contribution in [2.75, 3.05) is 6.61 Å². The van der Waals surface area contributed by atoms with Crippen LogP contribution in [0.15, 0.2) is 35.1 Å². The molecule has 0 unspecified atom stereocenters. The number of carbonyl (C=O) groups excluding carboxylic acids is 1. The summed E-state index contributed by atoms with van der Waals surface area (Å²) in [5, 5.41) is 4.74. The van der Waals surface area contributed by atoms with Crippen molar-refractivity contribution in [2.24, 2.45) is 0 Å². The highest BCUT2D eigenvalue weighted by Crippen LogP contribution is 2.13. The summed E-state index contributed by atoms with van der Waals surface area (Å²) >= 11 is 1.21. The first-order chi connectivity index (χ1) is 12.1. The lowest BCUT2D eigenvalue weighted by Gasteiger charge is -2.05. The Balaban J connectivity index is 1.76. The van der Waals surface area contributed by atoms with Crippen LogP contribution in [0.25, 0.3) is 4.96 Å². The van der Waals surface area contributed by atoms with E-state index in [4.69, 9.17) is 9.47 Å². The fourth-order valence-electron chi connectivity index (χ4n) is 2.06. The van der Waals surface area contributed by atoms with Crippen LogP contribution in [-0.2, 0) is 22.7 Å². The third kappa shape index (κ3) is 3.89. The van der Waals surface area contributed by atoms with Crippen LogP contribution in [0.5, 0.6) is 0 Å². The maximum atomic E-state index is 13.6. The molecule has 0 aliphatic heterocycles. The number of esters is 1. The number of hydrogen-bond acceptors (Lipinski definition) is 7. The van der Waals surface area contributed by atoms with Gasteiger partial charge in [0.1, 0.15) is 24.0 Å². The number of carbonyl (C=O) groups is 1. The monoisotopic (exact) mass is 363 g/mol. The van der Waals surface area contributed by atoms with Crippen LogP contribution in [-0.4, -0.2) is 27.2 Å². The molecule has 130 valence electrons. The quantitative estimate of drug-likeness (QED) is 0.624. The molecule has 9 heteroatoms. The molecule has 0 bridgehead atoms. The largest absolute Gasteiger partial charge is 0.455 e. The second kappa shape index (κ2) is 7.49. The Morgan fingerprint density at radius 2 is 2.12 bits per heavy atom. The molecule has 0 amide bonds. The Kier molecular flexibility index (Phi) is 5.15. The van der Waals surface area contributed by atoms with E-state index in [-0.39, 0.29) is 23.4 Å². The molecule has 7 nitrogen and oxygen atoms in total. The molecule has 0 N–H and O–H groups in total. The molecule has 0 saturated heterocycles. The average molecular weight is 363 g/mol. The molecule has 0 aliphatic rings. The van der Waals surface area contributed by atoms with E-state index in [0.717, 1.165) is 0 Å². The van der Waals surface area contributed by atoms with Crippen LogP contribution >= 0.6 is 11.3 Å². The Morgan fingerprint density at radius 3 is 2.88 bits per heavy atom. The van der Waals surface area contributed by atoms with Gasteiger partial charge in [0.25, 0.3) is 5.56 Å². The number of nitrogens with zero attached hydrogens (tertiary/aromatic N) is 3. The minimum absolute atomic E-state index is 0.169. The van der Waals surface area contributed by atoms with Crippen LogP contribution in [0.2, 0.25) is 0 Å². The number of fused-ring (bicyclic) bond motifs is 1. The zero-order valence-corrected chi connectivity index (χ0v) is 14.1. The topological polar surface area (TPSA) is 82.8 Å². The van der Waals surface area contributed by atoms with Gasteiger partial charge in [0.15, 0.2) is 0 Å². The van der Waals surface area contributed by atoms with Crippen LogP contribution in [0.4, 0.5) is 4.39 Å². The summed E-state index contributed by atoms with van der Waals surface area (Å²) in [6, 6.07) is 6.74. The van der Waals surface area contributed by atoms with Gasteiger partial charge in [0.05, 0.1) is 11.3 Å². The normalized spacial score (nSPS) is 11.0. The molecule has 3 rings (SSSR count).